The quantitative estimate of drug-likeness (QED) is 0.174. The zero-order valence-electron chi connectivity index (χ0n) is 64.5. The summed E-state index contributed by atoms with van der Waals surface area (Å²) in [7, 11) is 6.70. The average molecular weight is 1530 g/mol. The van der Waals surface area contributed by atoms with Crippen LogP contribution in [0.5, 0.6) is 0 Å². The van der Waals surface area contributed by atoms with E-state index in [0.29, 0.717) is 25.7 Å². The number of fused-ring (bicyclic) bond motifs is 2. The van der Waals surface area contributed by atoms with Gasteiger partial charge < -0.3 is 64.8 Å². The number of amides is 12. The minimum atomic E-state index is -5.20. The maximum Gasteiger partial charge on any atom is 0.397 e. The molecule has 4 aliphatic heterocycles. The highest BCUT2D eigenvalue weighted by Gasteiger charge is 2.56. The van der Waals surface area contributed by atoms with Crippen LogP contribution in [0.4, 0.5) is 35.1 Å². The third kappa shape index (κ3) is 20.5. The van der Waals surface area contributed by atoms with Gasteiger partial charge in [0.25, 0.3) is 0 Å². The standard InChI is InChI=1S/C74H116F8N12O13/c1-14-43(6)60-69(104)87(10)45(8)64(99)94-31-27-53(94)68(103)92(16-3)56(39-46-21-24-48(25-22-46)73(77,78)79)66(101)86(9)41-57(95)83-51(26-23-47-37-49(75)59(50(76)38-47)74(80,81)82)65(100)93-30-19-20-52(93)63(98)85-72(28-17-18-29-72)71(106)90(13)61(44(7)15-2)70(105)89(12)55(67(102)91-32-34-107-35-33-91)40-58(96)88(11)54(36-42(4)5)62(97)84-60/h42-56,59-61H,14-41H2,1-13H3,(H,83,95)(H,84,97)(H,85,98)/t43-,44-,45-,46?,47?,48?,49?,50?,51-,52-,53-,54-,55-,56-,59?,60-,61-/m0/s1. The molecule has 107 heavy (non-hydrogen) atoms. The van der Waals surface area contributed by atoms with Crippen molar-refractivity contribution in [2.75, 3.05) is 87.7 Å². The minimum Gasteiger partial charge on any atom is -0.378 e. The molecule has 0 radical (unpaired) electrons. The maximum atomic E-state index is 15.6. The summed E-state index contributed by atoms with van der Waals surface area (Å²) in [5, 5.41) is 8.46. The second-order valence-corrected chi connectivity index (χ2v) is 31.8. The predicted octanol–water partition coefficient (Wildman–Crippen LogP) is 6.18. The van der Waals surface area contributed by atoms with E-state index in [1.165, 1.54) is 71.6 Å². The van der Waals surface area contributed by atoms with Gasteiger partial charge in [0.1, 0.15) is 78.2 Å². The number of rotatable bonds is 13. The third-order valence-electron chi connectivity index (χ3n) is 24.2. The highest BCUT2D eigenvalue weighted by Crippen LogP contribution is 2.45. The summed E-state index contributed by atoms with van der Waals surface area (Å²) in [6.45, 7) is 13.0. The second kappa shape index (κ2) is 37.2. The predicted molar refractivity (Wildman–Crippen MR) is 377 cm³/mol. The van der Waals surface area contributed by atoms with Crippen LogP contribution in [0.1, 0.15) is 184 Å². The highest BCUT2D eigenvalue weighted by molar-refractivity contribution is 6.01. The van der Waals surface area contributed by atoms with E-state index < -0.39 is 223 Å². The number of likely N-dealkylation sites (N-methyl/N-ethyl adjacent to an activating group) is 6. The fourth-order valence-corrected chi connectivity index (χ4v) is 16.9. The zero-order valence-corrected chi connectivity index (χ0v) is 64.5. The Hall–Kier alpha value is -6.96. The van der Waals surface area contributed by atoms with Gasteiger partial charge in [-0.05, 0) is 140 Å². The van der Waals surface area contributed by atoms with Gasteiger partial charge in [-0.3, -0.25) is 57.5 Å². The van der Waals surface area contributed by atoms with E-state index in [1.54, 1.807) is 34.6 Å². The Morgan fingerprint density at radius 1 is 0.598 bits per heavy atom. The zero-order chi connectivity index (χ0) is 79.6. The van der Waals surface area contributed by atoms with Crippen LogP contribution in [0, 0.1) is 41.4 Å². The average Bonchev–Trinajstić information content (AvgIpc) is 1.41. The number of ether oxygens (including phenoxy) is 1. The van der Waals surface area contributed by atoms with Gasteiger partial charge in [-0.1, -0.05) is 67.2 Å². The van der Waals surface area contributed by atoms with Crippen molar-refractivity contribution in [3.05, 3.63) is 0 Å². The molecule has 0 aromatic carbocycles. The molecule has 0 bridgehead atoms. The first-order chi connectivity index (χ1) is 50.1. The van der Waals surface area contributed by atoms with Crippen molar-refractivity contribution < 1.29 is 97.4 Å². The molecule has 3 saturated carbocycles. The molecule has 3 N–H and O–H groups in total. The van der Waals surface area contributed by atoms with Crippen molar-refractivity contribution in [3.8, 4) is 0 Å². The summed E-state index contributed by atoms with van der Waals surface area (Å²) in [4.78, 5) is 192. The first kappa shape index (κ1) is 87.3. The molecule has 2 unspecified atom stereocenters. The molecular formula is C74H116F8N12O13. The van der Waals surface area contributed by atoms with E-state index in [4.69, 9.17) is 4.74 Å². The van der Waals surface area contributed by atoms with Crippen molar-refractivity contribution in [2.24, 2.45) is 41.4 Å². The fourth-order valence-electron chi connectivity index (χ4n) is 16.9. The summed E-state index contributed by atoms with van der Waals surface area (Å²) in [5.74, 6) is -16.8. The summed E-state index contributed by atoms with van der Waals surface area (Å²) < 4.78 is 120. The van der Waals surface area contributed by atoms with E-state index in [1.807, 2.05) is 13.8 Å². The van der Waals surface area contributed by atoms with Crippen LogP contribution in [0.2, 0.25) is 0 Å². The highest BCUT2D eigenvalue weighted by atomic mass is 19.4. The lowest BCUT2D eigenvalue weighted by molar-refractivity contribution is -0.219. The lowest BCUT2D eigenvalue weighted by atomic mass is 9.76. The number of alkyl halides is 8. The van der Waals surface area contributed by atoms with Crippen molar-refractivity contribution in [2.45, 2.75) is 268 Å². The molecule has 1 spiro atoms. The van der Waals surface area contributed by atoms with Crippen molar-refractivity contribution in [1.82, 2.24) is 60.0 Å². The van der Waals surface area contributed by atoms with Gasteiger partial charge in [0.2, 0.25) is 70.9 Å². The molecule has 7 aliphatic rings. The number of carbonyl (C=O) groups is 12. The molecule has 7 rings (SSSR count). The molecule has 12 amide bonds. The van der Waals surface area contributed by atoms with Crippen LogP contribution >= 0.6 is 0 Å². The molecule has 33 heteroatoms. The summed E-state index contributed by atoms with van der Waals surface area (Å²) >= 11 is 0. The van der Waals surface area contributed by atoms with Crippen LogP contribution in [0.15, 0.2) is 0 Å². The van der Waals surface area contributed by atoms with Gasteiger partial charge in [-0.15, -0.1) is 0 Å². The number of morpholine rings is 1. The number of hydrogen-bond acceptors (Lipinski definition) is 13. The van der Waals surface area contributed by atoms with Gasteiger partial charge >= 0.3 is 12.4 Å². The second-order valence-electron chi connectivity index (χ2n) is 31.8. The van der Waals surface area contributed by atoms with E-state index in [0.717, 1.165) is 14.7 Å². The van der Waals surface area contributed by atoms with Crippen LogP contribution in [0.25, 0.3) is 0 Å². The summed E-state index contributed by atoms with van der Waals surface area (Å²) in [6.07, 6.45) is -16.6. The molecule has 0 aromatic heterocycles. The van der Waals surface area contributed by atoms with Gasteiger partial charge in [0.15, 0.2) is 0 Å². The molecule has 25 nitrogen and oxygen atoms in total. The summed E-state index contributed by atoms with van der Waals surface area (Å²) in [5.41, 5.74) is -1.69. The molecule has 7 fully saturated rings. The van der Waals surface area contributed by atoms with Gasteiger partial charge in [0.05, 0.1) is 32.1 Å². The number of hydrogen-bond donors (Lipinski definition) is 3. The van der Waals surface area contributed by atoms with Crippen LogP contribution < -0.4 is 16.0 Å². The van der Waals surface area contributed by atoms with Crippen LogP contribution in [-0.4, -0.2) is 287 Å². The molecule has 3 aliphatic carbocycles. The Balaban J connectivity index is 1.31. The van der Waals surface area contributed by atoms with Crippen molar-refractivity contribution in [3.63, 3.8) is 0 Å². The Morgan fingerprint density at radius 3 is 1.74 bits per heavy atom. The Labute approximate surface area is 623 Å². The Morgan fingerprint density at radius 2 is 1.20 bits per heavy atom. The van der Waals surface area contributed by atoms with E-state index in [9.17, 15) is 50.3 Å². The van der Waals surface area contributed by atoms with Gasteiger partial charge in [0, 0.05) is 68.0 Å². The number of nitrogens with one attached hydrogen (secondary N) is 3. The monoisotopic (exact) mass is 1530 g/mol. The van der Waals surface area contributed by atoms with Crippen LogP contribution in [-0.2, 0) is 62.3 Å². The largest absolute Gasteiger partial charge is 0.397 e. The van der Waals surface area contributed by atoms with Gasteiger partial charge in [-0.2, -0.15) is 26.3 Å². The number of nitrogens with zero attached hydrogens (tertiary/aromatic N) is 9. The molecule has 13 atom stereocenters. The number of carbonyl (C=O) groups excluding carboxylic acids is 12. The summed E-state index contributed by atoms with van der Waals surface area (Å²) in [6, 6.07) is -12.4. The molecular weight excluding hydrogens is 1420 g/mol. The van der Waals surface area contributed by atoms with E-state index in [2.05, 4.69) is 16.0 Å². The third-order valence-corrected chi connectivity index (χ3v) is 24.2. The minimum absolute atomic E-state index is 0.00871. The molecule has 4 heterocycles. The van der Waals surface area contributed by atoms with Gasteiger partial charge in [-0.25, -0.2) is 8.78 Å². The van der Waals surface area contributed by atoms with E-state index in [-0.39, 0.29) is 129 Å². The first-order valence-electron chi connectivity index (χ1n) is 38.6. The Kier molecular flexibility index (Phi) is 30.3. The smallest absolute Gasteiger partial charge is 0.378 e. The maximum absolute atomic E-state index is 15.6. The van der Waals surface area contributed by atoms with Crippen LogP contribution in [0.3, 0.4) is 0 Å². The lowest BCUT2D eigenvalue weighted by Crippen LogP contribution is -2.65. The topological polar surface area (TPSA) is 279 Å². The Bertz CT molecular complexity index is 3160. The SMILES string of the molecule is CC[C@H](C)[C@@H]1NC(=O)[C@H](CC(C)C)N(C)C(=O)C[C@@H](C(=O)N2CCOCC2)N(C)C(=O)[C@H]([C@@H](C)CC)N(C)C(=O)C2(CCCC2)NC(=O)[C@@H]2CCCN2C(=O)[C@H](CCC2CC(F)C(C(F)(F)F)C(F)C2)NC(=O)CN(C)C(=O)[C@H](CC2CCC(C(F)(F)F)CC2)N(CC)C(=O)[C@@H]2CCN2C(=O)[C@H](C)N(C)C1=O. The number of halogens is 8. The normalized spacial score (nSPS) is 32.1. The van der Waals surface area contributed by atoms with E-state index >= 15 is 42.3 Å². The van der Waals surface area contributed by atoms with Crippen molar-refractivity contribution in [1.29, 1.82) is 0 Å². The van der Waals surface area contributed by atoms with Crippen molar-refractivity contribution >= 4 is 70.9 Å². The fraction of sp³-hybridized carbons (Fsp3) is 0.838. The molecule has 0 aromatic rings. The molecule has 606 valence electrons. The molecule has 4 saturated heterocycles. The first-order valence-corrected chi connectivity index (χ1v) is 38.6. The lowest BCUT2D eigenvalue weighted by Gasteiger charge is -2.46.